The molecule has 1 saturated heterocycles. The number of aliphatic hydroxyl groups is 2. The molecule has 3 heteroatoms. The summed E-state index contributed by atoms with van der Waals surface area (Å²) in [6, 6.07) is 0.122. The van der Waals surface area contributed by atoms with Gasteiger partial charge in [-0.15, -0.1) is 0 Å². The Balaban J connectivity index is 2.46. The van der Waals surface area contributed by atoms with Crippen molar-refractivity contribution in [3.63, 3.8) is 0 Å². The SMILES string of the molecule is C=C(C)CN1C[C@H](O)C[C@H]1CO. The molecule has 1 heterocycles. The number of likely N-dealkylation sites (tertiary alicyclic amines) is 1. The predicted molar refractivity (Wildman–Crippen MR) is 47.9 cm³/mol. The van der Waals surface area contributed by atoms with E-state index in [9.17, 15) is 5.11 Å². The van der Waals surface area contributed by atoms with E-state index in [4.69, 9.17) is 5.11 Å². The fourth-order valence-corrected chi connectivity index (χ4v) is 1.69. The van der Waals surface area contributed by atoms with Crippen molar-refractivity contribution in [2.75, 3.05) is 19.7 Å². The molecule has 1 aliphatic heterocycles. The normalized spacial score (nSPS) is 30.9. The summed E-state index contributed by atoms with van der Waals surface area (Å²) in [6.07, 6.45) is 0.408. The summed E-state index contributed by atoms with van der Waals surface area (Å²) in [5, 5.41) is 18.3. The molecule has 70 valence electrons. The van der Waals surface area contributed by atoms with Crippen LogP contribution in [-0.2, 0) is 0 Å². The maximum Gasteiger partial charge on any atom is 0.0683 e. The van der Waals surface area contributed by atoms with Gasteiger partial charge in [0.2, 0.25) is 0 Å². The van der Waals surface area contributed by atoms with Crippen LogP contribution in [0.1, 0.15) is 13.3 Å². The molecule has 0 aromatic carbocycles. The van der Waals surface area contributed by atoms with Crippen molar-refractivity contribution in [1.82, 2.24) is 4.90 Å². The highest BCUT2D eigenvalue weighted by atomic mass is 16.3. The smallest absolute Gasteiger partial charge is 0.0683 e. The highest BCUT2D eigenvalue weighted by molar-refractivity contribution is 4.96. The molecular weight excluding hydrogens is 154 g/mol. The zero-order valence-corrected chi connectivity index (χ0v) is 7.53. The summed E-state index contributed by atoms with van der Waals surface area (Å²) in [5.74, 6) is 0. The molecule has 12 heavy (non-hydrogen) atoms. The third-order valence-corrected chi connectivity index (χ3v) is 2.19. The summed E-state index contributed by atoms with van der Waals surface area (Å²) in [4.78, 5) is 2.08. The van der Waals surface area contributed by atoms with Gasteiger partial charge < -0.3 is 10.2 Å². The Labute approximate surface area is 73.3 Å². The highest BCUT2D eigenvalue weighted by Gasteiger charge is 2.29. The Bertz CT molecular complexity index is 170. The van der Waals surface area contributed by atoms with Gasteiger partial charge >= 0.3 is 0 Å². The molecular formula is C9H17NO2. The van der Waals surface area contributed by atoms with Gasteiger partial charge in [0.1, 0.15) is 0 Å². The minimum absolute atomic E-state index is 0.122. The third kappa shape index (κ3) is 2.30. The van der Waals surface area contributed by atoms with Crippen molar-refractivity contribution in [1.29, 1.82) is 0 Å². The Morgan fingerprint density at radius 1 is 1.67 bits per heavy atom. The van der Waals surface area contributed by atoms with Gasteiger partial charge in [-0.1, -0.05) is 12.2 Å². The summed E-state index contributed by atoms with van der Waals surface area (Å²) in [6.45, 7) is 7.34. The lowest BCUT2D eigenvalue weighted by Crippen LogP contribution is -2.33. The minimum Gasteiger partial charge on any atom is -0.395 e. The first-order valence-electron chi connectivity index (χ1n) is 4.31. The van der Waals surface area contributed by atoms with Gasteiger partial charge in [-0.25, -0.2) is 0 Å². The molecule has 0 spiro atoms. The molecule has 0 aromatic rings. The molecule has 0 aromatic heterocycles. The van der Waals surface area contributed by atoms with Gasteiger partial charge in [0, 0.05) is 19.1 Å². The average Bonchev–Trinajstić information content (AvgIpc) is 2.29. The number of aliphatic hydroxyl groups excluding tert-OH is 2. The topological polar surface area (TPSA) is 43.7 Å². The Kier molecular flexibility index (Phi) is 3.26. The molecule has 0 aliphatic carbocycles. The summed E-state index contributed by atoms with van der Waals surface area (Å²) in [7, 11) is 0. The standard InChI is InChI=1S/C9H17NO2/c1-7(2)4-10-5-9(12)3-8(10)6-11/h8-9,11-12H,1,3-6H2,2H3/t8-,9+/m0/s1. The van der Waals surface area contributed by atoms with Crippen molar-refractivity contribution in [2.24, 2.45) is 0 Å². The van der Waals surface area contributed by atoms with Gasteiger partial charge in [0.15, 0.2) is 0 Å². The fraction of sp³-hybridized carbons (Fsp3) is 0.778. The van der Waals surface area contributed by atoms with Crippen LogP contribution in [0.25, 0.3) is 0 Å². The van der Waals surface area contributed by atoms with E-state index in [1.807, 2.05) is 6.92 Å². The van der Waals surface area contributed by atoms with Crippen LogP contribution in [0.5, 0.6) is 0 Å². The predicted octanol–water partition coefficient (Wildman–Crippen LogP) is -0.01000. The molecule has 0 unspecified atom stereocenters. The first kappa shape index (κ1) is 9.71. The van der Waals surface area contributed by atoms with Crippen LogP contribution in [0.4, 0.5) is 0 Å². The van der Waals surface area contributed by atoms with E-state index in [1.165, 1.54) is 0 Å². The molecule has 1 fully saturated rings. The largest absolute Gasteiger partial charge is 0.395 e. The van der Waals surface area contributed by atoms with E-state index in [1.54, 1.807) is 0 Å². The Morgan fingerprint density at radius 2 is 2.33 bits per heavy atom. The molecule has 2 atom stereocenters. The van der Waals surface area contributed by atoms with E-state index in [-0.39, 0.29) is 18.8 Å². The molecule has 0 bridgehead atoms. The van der Waals surface area contributed by atoms with Crippen LogP contribution >= 0.6 is 0 Å². The molecule has 3 nitrogen and oxygen atoms in total. The molecule has 0 radical (unpaired) electrons. The van der Waals surface area contributed by atoms with E-state index in [0.29, 0.717) is 13.0 Å². The molecule has 1 rings (SSSR count). The molecule has 1 aliphatic rings. The Morgan fingerprint density at radius 3 is 2.83 bits per heavy atom. The van der Waals surface area contributed by atoms with Crippen molar-refractivity contribution in [3.05, 3.63) is 12.2 Å². The van der Waals surface area contributed by atoms with E-state index in [2.05, 4.69) is 11.5 Å². The van der Waals surface area contributed by atoms with Crippen LogP contribution in [0, 0.1) is 0 Å². The maximum absolute atomic E-state index is 9.33. The maximum atomic E-state index is 9.33. The lowest BCUT2D eigenvalue weighted by atomic mass is 10.2. The van der Waals surface area contributed by atoms with Crippen molar-refractivity contribution in [2.45, 2.75) is 25.5 Å². The van der Waals surface area contributed by atoms with Gasteiger partial charge in [0.25, 0.3) is 0 Å². The van der Waals surface area contributed by atoms with Gasteiger partial charge in [-0.05, 0) is 13.3 Å². The van der Waals surface area contributed by atoms with E-state index < -0.39 is 0 Å². The quantitative estimate of drug-likeness (QED) is 0.587. The highest BCUT2D eigenvalue weighted by Crippen LogP contribution is 2.17. The second-order valence-corrected chi connectivity index (χ2v) is 3.61. The number of β-amino-alcohol motifs (C(OH)–C–C–N with tert-alkyl or cyclic N) is 1. The first-order chi connectivity index (χ1) is 5.63. The minimum atomic E-state index is -0.276. The van der Waals surface area contributed by atoms with Crippen LogP contribution in [0.2, 0.25) is 0 Å². The second-order valence-electron chi connectivity index (χ2n) is 3.61. The molecule has 0 saturated carbocycles. The zero-order valence-electron chi connectivity index (χ0n) is 7.53. The fourth-order valence-electron chi connectivity index (χ4n) is 1.69. The first-order valence-corrected chi connectivity index (χ1v) is 4.31. The number of rotatable bonds is 3. The lowest BCUT2D eigenvalue weighted by molar-refractivity contribution is 0.165. The van der Waals surface area contributed by atoms with Gasteiger partial charge in [-0.2, -0.15) is 0 Å². The van der Waals surface area contributed by atoms with Crippen LogP contribution < -0.4 is 0 Å². The Hall–Kier alpha value is -0.380. The van der Waals surface area contributed by atoms with Crippen molar-refractivity contribution < 1.29 is 10.2 Å². The molecule has 0 amide bonds. The van der Waals surface area contributed by atoms with E-state index >= 15 is 0 Å². The number of hydrogen-bond donors (Lipinski definition) is 2. The number of nitrogens with zero attached hydrogens (tertiary/aromatic N) is 1. The van der Waals surface area contributed by atoms with Crippen LogP contribution in [-0.4, -0.2) is 47.0 Å². The molecule has 2 N–H and O–H groups in total. The van der Waals surface area contributed by atoms with Crippen molar-refractivity contribution in [3.8, 4) is 0 Å². The lowest BCUT2D eigenvalue weighted by Gasteiger charge is -2.21. The summed E-state index contributed by atoms with van der Waals surface area (Å²) < 4.78 is 0. The van der Waals surface area contributed by atoms with E-state index in [0.717, 1.165) is 12.1 Å². The zero-order chi connectivity index (χ0) is 9.14. The average molecular weight is 171 g/mol. The van der Waals surface area contributed by atoms with Crippen molar-refractivity contribution >= 4 is 0 Å². The van der Waals surface area contributed by atoms with Crippen LogP contribution in [0.15, 0.2) is 12.2 Å². The monoisotopic (exact) mass is 171 g/mol. The number of hydrogen-bond acceptors (Lipinski definition) is 3. The third-order valence-electron chi connectivity index (χ3n) is 2.19. The second kappa shape index (κ2) is 4.03. The summed E-state index contributed by atoms with van der Waals surface area (Å²) >= 11 is 0. The van der Waals surface area contributed by atoms with Gasteiger partial charge in [-0.3, -0.25) is 4.90 Å². The summed E-state index contributed by atoms with van der Waals surface area (Å²) in [5.41, 5.74) is 1.07. The van der Waals surface area contributed by atoms with Gasteiger partial charge in [0.05, 0.1) is 12.7 Å². The van der Waals surface area contributed by atoms with Crippen LogP contribution in [0.3, 0.4) is 0 Å².